The second-order valence-corrected chi connectivity index (χ2v) is 14.5. The van der Waals surface area contributed by atoms with Crippen LogP contribution in [0.1, 0.15) is 106 Å². The molecule has 0 heterocycles. The summed E-state index contributed by atoms with van der Waals surface area (Å²) in [6, 6.07) is 0. The molecule has 3 unspecified atom stereocenters. The van der Waals surface area contributed by atoms with Crippen molar-refractivity contribution < 1.29 is 24.6 Å². The Bertz CT molecular complexity index is 1030. The number of carbonyl (C=O) groups excluding carboxylic acids is 2. The van der Waals surface area contributed by atoms with Gasteiger partial charge >= 0.3 is 5.97 Å². The highest BCUT2D eigenvalue weighted by Crippen LogP contribution is 2.78. The average Bonchev–Trinajstić information content (AvgIpc) is 2.81. The van der Waals surface area contributed by atoms with Crippen LogP contribution < -0.4 is 0 Å². The molecule has 0 aromatic heterocycles. The Labute approximate surface area is 210 Å². The van der Waals surface area contributed by atoms with E-state index in [4.69, 9.17) is 0 Å². The predicted molar refractivity (Wildman–Crippen MR) is 134 cm³/mol. The van der Waals surface area contributed by atoms with Gasteiger partial charge in [-0.25, -0.2) is 0 Å². The van der Waals surface area contributed by atoms with Gasteiger partial charge in [0.2, 0.25) is 0 Å². The molecule has 0 amide bonds. The highest BCUT2D eigenvalue weighted by atomic mass is 16.4. The fourth-order valence-corrected chi connectivity index (χ4v) is 10.7. The maximum absolute atomic E-state index is 12.8. The lowest BCUT2D eigenvalue weighted by Crippen LogP contribution is -2.68. The molecule has 0 saturated heterocycles. The number of hydrogen-bond donors (Lipinski definition) is 2. The largest absolute Gasteiger partial charge is 0.504 e. The first-order valence-corrected chi connectivity index (χ1v) is 13.8. The summed E-state index contributed by atoms with van der Waals surface area (Å²) in [6.07, 6.45) is 9.55. The van der Waals surface area contributed by atoms with Crippen molar-refractivity contribution in [2.45, 2.75) is 106 Å². The van der Waals surface area contributed by atoms with E-state index in [1.165, 1.54) is 0 Å². The standard InChI is InChI=1S/C30H44O5/c1-18-23(33)19(32)15-21-27(4)12-14-29(6)22-16-26(3,24(34)35)10-9-25(22,2)11-13-28(29,5)20(27)7-8-30(18,21)17-31/h17,20-22,33H,7-16H2,1-6H3,(H,34,35)/t20?,21?,22?,25-,26-,27-,28-,29+,30+/m1/s1. The van der Waals surface area contributed by atoms with Crippen LogP contribution in [0, 0.1) is 50.2 Å². The van der Waals surface area contributed by atoms with E-state index in [0.717, 1.165) is 57.7 Å². The van der Waals surface area contributed by atoms with Crippen molar-refractivity contribution in [2.24, 2.45) is 50.2 Å². The maximum atomic E-state index is 12.8. The second-order valence-electron chi connectivity index (χ2n) is 14.5. The van der Waals surface area contributed by atoms with Gasteiger partial charge in [-0.15, -0.1) is 0 Å². The zero-order valence-corrected chi connectivity index (χ0v) is 22.5. The minimum atomic E-state index is -0.747. The number of ketones is 1. The van der Waals surface area contributed by atoms with Gasteiger partial charge in [0, 0.05) is 6.42 Å². The van der Waals surface area contributed by atoms with Crippen LogP contribution in [0.3, 0.4) is 0 Å². The van der Waals surface area contributed by atoms with Crippen LogP contribution in [0.2, 0.25) is 0 Å². The van der Waals surface area contributed by atoms with Crippen molar-refractivity contribution in [1.29, 1.82) is 0 Å². The highest BCUT2D eigenvalue weighted by molar-refractivity contribution is 5.97. The minimum Gasteiger partial charge on any atom is -0.504 e. The van der Waals surface area contributed by atoms with Crippen molar-refractivity contribution in [3.8, 4) is 0 Å². The maximum Gasteiger partial charge on any atom is 0.309 e. The molecule has 5 rings (SSSR count). The van der Waals surface area contributed by atoms with Gasteiger partial charge in [0.1, 0.15) is 6.29 Å². The molecule has 4 fully saturated rings. The number of allylic oxidation sites excluding steroid dienone is 2. The monoisotopic (exact) mass is 484 g/mol. The average molecular weight is 485 g/mol. The Morgan fingerprint density at radius 3 is 2.11 bits per heavy atom. The Balaban J connectivity index is 1.59. The van der Waals surface area contributed by atoms with Crippen LogP contribution in [0.4, 0.5) is 0 Å². The quantitative estimate of drug-likeness (QED) is 0.436. The molecule has 35 heavy (non-hydrogen) atoms. The molecule has 0 aromatic carbocycles. The first kappa shape index (κ1) is 25.0. The lowest BCUT2D eigenvalue weighted by molar-refractivity contribution is -0.248. The summed E-state index contributed by atoms with van der Waals surface area (Å²) in [4.78, 5) is 37.8. The van der Waals surface area contributed by atoms with Crippen molar-refractivity contribution in [3.05, 3.63) is 11.3 Å². The van der Waals surface area contributed by atoms with Crippen LogP contribution in [0.15, 0.2) is 11.3 Å². The van der Waals surface area contributed by atoms with Gasteiger partial charge in [-0.3, -0.25) is 9.59 Å². The molecule has 5 aliphatic carbocycles. The summed E-state index contributed by atoms with van der Waals surface area (Å²) in [6.45, 7) is 13.4. The molecule has 194 valence electrons. The number of hydrogen-bond acceptors (Lipinski definition) is 4. The fraction of sp³-hybridized carbons (Fsp3) is 0.833. The molecule has 4 saturated carbocycles. The number of aliphatic carboxylic acids is 1. The Morgan fingerprint density at radius 1 is 0.886 bits per heavy atom. The highest BCUT2D eigenvalue weighted by Gasteiger charge is 2.71. The first-order valence-electron chi connectivity index (χ1n) is 13.8. The van der Waals surface area contributed by atoms with Crippen LogP contribution >= 0.6 is 0 Å². The molecule has 5 heteroatoms. The van der Waals surface area contributed by atoms with E-state index in [1.807, 2.05) is 6.92 Å². The number of aliphatic hydroxyl groups excluding tert-OH is 1. The first-order chi connectivity index (χ1) is 16.1. The molecule has 0 spiro atoms. The van der Waals surface area contributed by atoms with E-state index in [9.17, 15) is 24.6 Å². The molecule has 0 aromatic rings. The van der Waals surface area contributed by atoms with Crippen LogP contribution in [-0.2, 0) is 14.4 Å². The number of carboxylic acids is 1. The van der Waals surface area contributed by atoms with Gasteiger partial charge in [0.05, 0.1) is 10.8 Å². The van der Waals surface area contributed by atoms with E-state index >= 15 is 0 Å². The summed E-state index contributed by atoms with van der Waals surface area (Å²) in [5, 5.41) is 20.6. The Kier molecular flexibility index (Phi) is 5.16. The van der Waals surface area contributed by atoms with Gasteiger partial charge in [-0.05, 0) is 117 Å². The number of aliphatic hydroxyl groups is 1. The number of fused-ring (bicyclic) bond motifs is 7. The van der Waals surface area contributed by atoms with Gasteiger partial charge in [0.15, 0.2) is 11.5 Å². The Morgan fingerprint density at radius 2 is 1.49 bits per heavy atom. The number of rotatable bonds is 2. The number of carboxylic acid groups (broad SMARTS) is 1. The van der Waals surface area contributed by atoms with Crippen LogP contribution in [0.25, 0.3) is 0 Å². The molecule has 0 aliphatic heterocycles. The third kappa shape index (κ3) is 2.84. The van der Waals surface area contributed by atoms with E-state index in [1.54, 1.807) is 6.92 Å². The summed E-state index contributed by atoms with van der Waals surface area (Å²) in [5.74, 6) is -0.427. The zero-order chi connectivity index (χ0) is 25.8. The topological polar surface area (TPSA) is 91.7 Å². The Hall–Kier alpha value is -1.65. The SMILES string of the molecule is CC1=C(O)C(=O)CC2[C@]3(C)CC[C@@]4(C)C5C[C@](C)(C(=O)O)CC[C@]5(C)CC[C@]4(C)C3CC[C@]12C=O. The molecular weight excluding hydrogens is 440 g/mol. The molecule has 2 N–H and O–H groups in total. The molecule has 9 atom stereocenters. The second kappa shape index (κ2) is 7.22. The summed E-state index contributed by atoms with van der Waals surface area (Å²) < 4.78 is 0. The van der Waals surface area contributed by atoms with Crippen molar-refractivity contribution in [1.82, 2.24) is 0 Å². The van der Waals surface area contributed by atoms with Crippen LogP contribution in [-0.4, -0.2) is 28.3 Å². The third-order valence-electron chi connectivity index (χ3n) is 13.5. The molecule has 0 radical (unpaired) electrons. The van der Waals surface area contributed by atoms with Gasteiger partial charge in [0.25, 0.3) is 0 Å². The van der Waals surface area contributed by atoms with E-state index < -0.39 is 16.8 Å². The smallest absolute Gasteiger partial charge is 0.309 e. The van der Waals surface area contributed by atoms with E-state index in [0.29, 0.717) is 23.8 Å². The van der Waals surface area contributed by atoms with Crippen molar-refractivity contribution >= 4 is 18.0 Å². The lowest BCUT2D eigenvalue weighted by Gasteiger charge is -2.74. The number of aldehydes is 1. The van der Waals surface area contributed by atoms with Crippen molar-refractivity contribution in [3.63, 3.8) is 0 Å². The summed E-state index contributed by atoms with van der Waals surface area (Å²) in [5.41, 5.74) is -0.783. The molecule has 0 bridgehead atoms. The number of carbonyl (C=O) groups is 3. The summed E-state index contributed by atoms with van der Waals surface area (Å²) >= 11 is 0. The van der Waals surface area contributed by atoms with Gasteiger partial charge < -0.3 is 15.0 Å². The van der Waals surface area contributed by atoms with E-state index in [2.05, 4.69) is 27.7 Å². The third-order valence-corrected chi connectivity index (χ3v) is 13.5. The predicted octanol–water partition coefficient (Wildman–Crippen LogP) is 6.51. The normalized spacial score (nSPS) is 53.7. The van der Waals surface area contributed by atoms with Gasteiger partial charge in [-0.2, -0.15) is 0 Å². The van der Waals surface area contributed by atoms with Crippen LogP contribution in [0.5, 0.6) is 0 Å². The molecule has 5 aliphatic rings. The molecule has 5 nitrogen and oxygen atoms in total. The minimum absolute atomic E-state index is 0.0220. The molecular formula is C30H44O5. The van der Waals surface area contributed by atoms with Gasteiger partial charge in [-0.1, -0.05) is 27.7 Å². The van der Waals surface area contributed by atoms with Crippen molar-refractivity contribution in [2.75, 3.05) is 0 Å². The van der Waals surface area contributed by atoms with E-state index in [-0.39, 0.29) is 45.5 Å². The zero-order valence-electron chi connectivity index (χ0n) is 22.5. The number of Topliss-reactive ketones (excluding diaryl/α,β-unsaturated/α-hetero) is 1. The summed E-state index contributed by atoms with van der Waals surface area (Å²) in [7, 11) is 0. The fourth-order valence-electron chi connectivity index (χ4n) is 10.7. The lowest BCUT2D eigenvalue weighted by atomic mass is 9.30.